The molecule has 2 saturated heterocycles. The first-order valence-corrected chi connectivity index (χ1v) is 12.7. The molecule has 9 nitrogen and oxygen atoms in total. The lowest BCUT2D eigenvalue weighted by Gasteiger charge is -2.43. The highest BCUT2D eigenvalue weighted by Gasteiger charge is 2.30. The Morgan fingerprint density at radius 3 is 2.31 bits per heavy atom. The van der Waals surface area contributed by atoms with E-state index in [2.05, 4.69) is 29.6 Å². The van der Waals surface area contributed by atoms with Crippen LogP contribution in [0.1, 0.15) is 19.3 Å². The fraction of sp³-hybridized carbons (Fsp3) is 0.577. The van der Waals surface area contributed by atoms with Crippen LogP contribution in [-0.2, 0) is 4.79 Å². The summed E-state index contributed by atoms with van der Waals surface area (Å²) in [6.45, 7) is 7.69. The summed E-state index contributed by atoms with van der Waals surface area (Å²) >= 11 is 0. The van der Waals surface area contributed by atoms with Gasteiger partial charge in [-0.3, -0.25) is 19.6 Å². The Morgan fingerprint density at radius 2 is 1.71 bits per heavy atom. The van der Waals surface area contributed by atoms with Crippen LogP contribution in [0.15, 0.2) is 30.6 Å². The summed E-state index contributed by atoms with van der Waals surface area (Å²) < 4.78 is 10.8. The smallest absolute Gasteiger partial charge is 0.236 e. The van der Waals surface area contributed by atoms with Gasteiger partial charge >= 0.3 is 0 Å². The third kappa shape index (κ3) is 5.36. The van der Waals surface area contributed by atoms with Crippen LogP contribution in [0, 0.1) is 0 Å². The Kier molecular flexibility index (Phi) is 7.34. The zero-order valence-electron chi connectivity index (χ0n) is 20.9. The lowest BCUT2D eigenvalue weighted by molar-refractivity contribution is -0.134. The highest BCUT2D eigenvalue weighted by Crippen LogP contribution is 2.32. The van der Waals surface area contributed by atoms with Crippen molar-refractivity contribution in [3.05, 3.63) is 30.6 Å². The van der Waals surface area contributed by atoms with E-state index in [-0.39, 0.29) is 5.91 Å². The van der Waals surface area contributed by atoms with Crippen molar-refractivity contribution >= 4 is 11.7 Å². The summed E-state index contributed by atoms with van der Waals surface area (Å²) in [5.41, 5.74) is 1.64. The molecule has 0 N–H and O–H groups in total. The second-order valence-electron chi connectivity index (χ2n) is 9.59. The van der Waals surface area contributed by atoms with E-state index < -0.39 is 0 Å². The first-order chi connectivity index (χ1) is 17.1. The molecule has 5 rings (SSSR count). The van der Waals surface area contributed by atoms with Gasteiger partial charge in [-0.1, -0.05) is 6.42 Å². The molecular formula is C26H36N6O3. The van der Waals surface area contributed by atoms with Crippen molar-refractivity contribution in [2.24, 2.45) is 0 Å². The number of carbonyl (C=O) groups is 1. The van der Waals surface area contributed by atoms with E-state index in [0.29, 0.717) is 12.3 Å². The lowest BCUT2D eigenvalue weighted by atomic mass is 9.91. The average molecular weight is 481 g/mol. The molecule has 188 valence electrons. The summed E-state index contributed by atoms with van der Waals surface area (Å²) in [6.07, 6.45) is 7.64. The van der Waals surface area contributed by atoms with Gasteiger partial charge in [0.2, 0.25) is 5.91 Å². The van der Waals surface area contributed by atoms with Crippen molar-refractivity contribution in [2.75, 3.05) is 78.0 Å². The first-order valence-electron chi connectivity index (χ1n) is 12.7. The van der Waals surface area contributed by atoms with Crippen molar-refractivity contribution in [3.8, 4) is 22.8 Å². The number of anilines is 1. The summed E-state index contributed by atoms with van der Waals surface area (Å²) in [4.78, 5) is 31.3. The summed E-state index contributed by atoms with van der Waals surface area (Å²) in [7, 11) is 3.27. The number of benzene rings is 1. The topological polar surface area (TPSA) is 74.3 Å². The maximum atomic E-state index is 12.9. The molecule has 1 aliphatic carbocycles. The third-order valence-electron chi connectivity index (χ3n) is 7.64. The maximum absolute atomic E-state index is 12.9. The molecule has 9 heteroatoms. The van der Waals surface area contributed by atoms with E-state index in [1.807, 2.05) is 24.4 Å². The molecule has 3 fully saturated rings. The Hall–Kier alpha value is -2.91. The van der Waals surface area contributed by atoms with Gasteiger partial charge in [-0.25, -0.2) is 4.98 Å². The van der Waals surface area contributed by atoms with Gasteiger partial charge in [0.1, 0.15) is 17.3 Å². The fourth-order valence-corrected chi connectivity index (χ4v) is 5.15. The molecule has 1 saturated carbocycles. The highest BCUT2D eigenvalue weighted by atomic mass is 16.5. The minimum absolute atomic E-state index is 0.268. The van der Waals surface area contributed by atoms with Gasteiger partial charge in [-0.15, -0.1) is 0 Å². The number of ether oxygens (including phenoxy) is 2. The molecule has 0 spiro atoms. The fourth-order valence-electron chi connectivity index (χ4n) is 5.15. The molecule has 0 unspecified atom stereocenters. The van der Waals surface area contributed by atoms with E-state index in [9.17, 15) is 4.79 Å². The van der Waals surface area contributed by atoms with Crippen LogP contribution in [0.25, 0.3) is 11.3 Å². The standard InChI is InChI=1S/C26H36N6O3/c1-34-21-6-7-22(24(16-21)35-2)23-17-28-25(18-27-23)31-10-8-29(9-11-31)19-26(33)32-14-12-30(13-15-32)20-4-3-5-20/h6-7,16-18,20H,3-5,8-15,19H2,1-2H3. The molecule has 3 heterocycles. The maximum Gasteiger partial charge on any atom is 0.236 e. The molecule has 0 bridgehead atoms. The summed E-state index contributed by atoms with van der Waals surface area (Å²) in [6, 6.07) is 6.45. The SMILES string of the molecule is COc1ccc(-c2cnc(N3CCN(CC(=O)N4CCN(C5CCC5)CC4)CC3)cn2)c(OC)c1. The summed E-state index contributed by atoms with van der Waals surface area (Å²) in [5.74, 6) is 2.57. The van der Waals surface area contributed by atoms with Crippen LogP contribution in [0.2, 0.25) is 0 Å². The quantitative estimate of drug-likeness (QED) is 0.596. The predicted octanol–water partition coefficient (Wildman–Crippen LogP) is 1.98. The van der Waals surface area contributed by atoms with Crippen molar-refractivity contribution < 1.29 is 14.3 Å². The van der Waals surface area contributed by atoms with E-state index in [1.54, 1.807) is 20.4 Å². The number of rotatable bonds is 7. The molecular weight excluding hydrogens is 444 g/mol. The number of hydrogen-bond acceptors (Lipinski definition) is 8. The Morgan fingerprint density at radius 1 is 0.943 bits per heavy atom. The van der Waals surface area contributed by atoms with Gasteiger partial charge in [0.05, 0.1) is 38.9 Å². The number of carbonyl (C=O) groups excluding carboxylic acids is 1. The van der Waals surface area contributed by atoms with Crippen LogP contribution >= 0.6 is 0 Å². The molecule has 1 aromatic heterocycles. The monoisotopic (exact) mass is 480 g/mol. The minimum Gasteiger partial charge on any atom is -0.497 e. The predicted molar refractivity (Wildman–Crippen MR) is 135 cm³/mol. The van der Waals surface area contributed by atoms with Crippen LogP contribution < -0.4 is 14.4 Å². The zero-order valence-corrected chi connectivity index (χ0v) is 20.9. The average Bonchev–Trinajstić information content (AvgIpc) is 2.88. The van der Waals surface area contributed by atoms with Crippen LogP contribution in [0.5, 0.6) is 11.5 Å². The minimum atomic E-state index is 0.268. The van der Waals surface area contributed by atoms with E-state index in [1.165, 1.54) is 19.3 Å². The highest BCUT2D eigenvalue weighted by molar-refractivity contribution is 5.78. The van der Waals surface area contributed by atoms with Crippen LogP contribution in [-0.4, -0.2) is 110 Å². The number of piperazine rings is 2. The van der Waals surface area contributed by atoms with Gasteiger partial charge in [-0.2, -0.15) is 0 Å². The molecule has 1 amide bonds. The molecule has 2 aromatic rings. The first kappa shape index (κ1) is 23.8. The van der Waals surface area contributed by atoms with Crippen molar-refractivity contribution in [3.63, 3.8) is 0 Å². The second-order valence-corrected chi connectivity index (χ2v) is 9.59. The second kappa shape index (κ2) is 10.8. The molecule has 1 aromatic carbocycles. The molecule has 2 aliphatic heterocycles. The molecule has 3 aliphatic rings. The van der Waals surface area contributed by atoms with Crippen LogP contribution in [0.4, 0.5) is 5.82 Å². The van der Waals surface area contributed by atoms with Gasteiger partial charge in [0.15, 0.2) is 0 Å². The molecule has 0 radical (unpaired) electrons. The Labute approximate surface area is 207 Å². The zero-order chi connectivity index (χ0) is 24.2. The van der Waals surface area contributed by atoms with Crippen LogP contribution in [0.3, 0.4) is 0 Å². The van der Waals surface area contributed by atoms with Crippen molar-refractivity contribution in [1.29, 1.82) is 0 Å². The number of amides is 1. The van der Waals surface area contributed by atoms with E-state index in [0.717, 1.165) is 81.2 Å². The third-order valence-corrected chi connectivity index (χ3v) is 7.64. The lowest BCUT2D eigenvalue weighted by Crippen LogP contribution is -2.56. The van der Waals surface area contributed by atoms with Gasteiger partial charge in [0.25, 0.3) is 0 Å². The Bertz CT molecular complexity index is 997. The van der Waals surface area contributed by atoms with Gasteiger partial charge in [0, 0.05) is 70.0 Å². The normalized spacial score (nSPS) is 19.9. The number of hydrogen-bond donors (Lipinski definition) is 0. The van der Waals surface area contributed by atoms with Crippen molar-refractivity contribution in [2.45, 2.75) is 25.3 Å². The summed E-state index contributed by atoms with van der Waals surface area (Å²) in [5, 5.41) is 0. The molecule has 0 atom stereocenters. The number of nitrogens with zero attached hydrogens (tertiary/aromatic N) is 6. The number of methoxy groups -OCH3 is 2. The van der Waals surface area contributed by atoms with Crippen molar-refractivity contribution in [1.82, 2.24) is 24.7 Å². The van der Waals surface area contributed by atoms with E-state index in [4.69, 9.17) is 9.47 Å². The van der Waals surface area contributed by atoms with Gasteiger partial charge < -0.3 is 19.3 Å². The number of aromatic nitrogens is 2. The molecule has 35 heavy (non-hydrogen) atoms. The Balaban J connectivity index is 1.11. The van der Waals surface area contributed by atoms with Gasteiger partial charge in [-0.05, 0) is 25.0 Å². The van der Waals surface area contributed by atoms with E-state index >= 15 is 0 Å². The largest absolute Gasteiger partial charge is 0.497 e.